The fraction of sp³-hybridized carbons (Fsp3) is 0.214. The fourth-order valence-corrected chi connectivity index (χ4v) is 4.39. The molecule has 0 fully saturated rings. The van der Waals surface area contributed by atoms with Crippen LogP contribution in [0, 0.1) is 5.82 Å². The third kappa shape index (κ3) is 3.65. The van der Waals surface area contributed by atoms with E-state index in [-0.39, 0.29) is 22.3 Å². The number of amides is 1. The van der Waals surface area contributed by atoms with Gasteiger partial charge in [-0.1, -0.05) is 38.1 Å². The lowest BCUT2D eigenvalue weighted by atomic mass is 9.98. The number of benzene rings is 3. The number of aryl methyl sites for hydroxylation is 1. The van der Waals surface area contributed by atoms with Crippen LogP contribution in [-0.4, -0.2) is 12.5 Å². The predicted octanol–water partition coefficient (Wildman–Crippen LogP) is 6.03. The van der Waals surface area contributed by atoms with Gasteiger partial charge in [-0.2, -0.15) is 0 Å². The number of carbonyl (C=O) groups is 1. The number of hydrogen-bond acceptors (Lipinski definition) is 4. The van der Waals surface area contributed by atoms with Crippen molar-refractivity contribution < 1.29 is 18.3 Å². The third-order valence-electron chi connectivity index (χ3n) is 6.12. The highest BCUT2D eigenvalue weighted by Gasteiger charge is 2.43. The minimum absolute atomic E-state index is 0.0139. The van der Waals surface area contributed by atoms with Gasteiger partial charge in [0.05, 0.1) is 23.6 Å². The summed E-state index contributed by atoms with van der Waals surface area (Å²) in [4.78, 5) is 28.7. The minimum atomic E-state index is -0.709. The molecule has 0 aliphatic carbocycles. The molecule has 0 bridgehead atoms. The molecule has 172 valence electrons. The molecule has 2 heterocycles. The van der Waals surface area contributed by atoms with Gasteiger partial charge < -0.3 is 9.15 Å². The van der Waals surface area contributed by atoms with Crippen LogP contribution in [0.4, 0.5) is 10.1 Å². The Morgan fingerprint density at radius 2 is 1.71 bits per heavy atom. The van der Waals surface area contributed by atoms with Gasteiger partial charge in [-0.3, -0.25) is 14.5 Å². The van der Waals surface area contributed by atoms with Gasteiger partial charge in [0.25, 0.3) is 5.91 Å². The van der Waals surface area contributed by atoms with Crippen molar-refractivity contribution in [3.63, 3.8) is 0 Å². The number of anilines is 1. The second-order valence-electron chi connectivity index (χ2n) is 8.33. The lowest BCUT2D eigenvalue weighted by Gasteiger charge is -2.25. The van der Waals surface area contributed by atoms with E-state index in [0.717, 1.165) is 30.0 Å². The highest BCUT2D eigenvalue weighted by Crippen LogP contribution is 2.41. The zero-order valence-electron chi connectivity index (χ0n) is 19.0. The molecule has 1 aromatic heterocycles. The highest BCUT2D eigenvalue weighted by atomic mass is 19.1. The summed E-state index contributed by atoms with van der Waals surface area (Å²) in [6.45, 7) is 4.69. The molecule has 34 heavy (non-hydrogen) atoms. The SMILES string of the molecule is CCCOc1ccc(C2c3c(oc4ccc(F)cc4c3=O)C(=O)N2c2ccc(CC)cc2)cc1. The lowest BCUT2D eigenvalue weighted by molar-refractivity contribution is 0.0971. The number of carbonyl (C=O) groups excluding carboxylic acids is 1. The molecule has 1 unspecified atom stereocenters. The third-order valence-corrected chi connectivity index (χ3v) is 6.12. The van der Waals surface area contributed by atoms with E-state index in [0.29, 0.717) is 18.0 Å². The van der Waals surface area contributed by atoms with Crippen molar-refractivity contribution in [2.75, 3.05) is 11.5 Å². The maximum atomic E-state index is 14.0. The quantitative estimate of drug-likeness (QED) is 0.355. The summed E-state index contributed by atoms with van der Waals surface area (Å²) in [5.74, 6) is -0.245. The van der Waals surface area contributed by atoms with Crippen LogP contribution >= 0.6 is 0 Å². The van der Waals surface area contributed by atoms with Crippen LogP contribution in [0.5, 0.6) is 5.75 Å². The number of ether oxygens (including phenoxy) is 1. The van der Waals surface area contributed by atoms with E-state index in [1.54, 1.807) is 4.90 Å². The van der Waals surface area contributed by atoms with E-state index in [4.69, 9.17) is 9.15 Å². The second-order valence-corrected chi connectivity index (χ2v) is 8.33. The molecule has 0 spiro atoms. The summed E-state index contributed by atoms with van der Waals surface area (Å²) in [6, 6.07) is 18.1. The molecule has 5 nitrogen and oxygen atoms in total. The number of hydrogen-bond donors (Lipinski definition) is 0. The van der Waals surface area contributed by atoms with E-state index in [2.05, 4.69) is 6.92 Å². The summed E-state index contributed by atoms with van der Waals surface area (Å²) >= 11 is 0. The van der Waals surface area contributed by atoms with Gasteiger partial charge in [0, 0.05) is 5.69 Å². The van der Waals surface area contributed by atoms with E-state index < -0.39 is 23.2 Å². The first-order valence-electron chi connectivity index (χ1n) is 11.4. The smallest absolute Gasteiger partial charge is 0.295 e. The largest absolute Gasteiger partial charge is 0.494 e. The fourth-order valence-electron chi connectivity index (χ4n) is 4.39. The predicted molar refractivity (Wildman–Crippen MR) is 129 cm³/mol. The molecule has 4 aromatic rings. The van der Waals surface area contributed by atoms with Crippen molar-refractivity contribution in [1.82, 2.24) is 0 Å². The molecule has 3 aromatic carbocycles. The van der Waals surface area contributed by atoms with Gasteiger partial charge in [-0.25, -0.2) is 4.39 Å². The summed E-state index contributed by atoms with van der Waals surface area (Å²) in [6.07, 6.45) is 1.76. The first-order chi connectivity index (χ1) is 16.5. The van der Waals surface area contributed by atoms with E-state index >= 15 is 0 Å². The van der Waals surface area contributed by atoms with Gasteiger partial charge >= 0.3 is 0 Å². The Balaban J connectivity index is 1.70. The molecule has 0 saturated heterocycles. The zero-order valence-corrected chi connectivity index (χ0v) is 19.0. The van der Waals surface area contributed by atoms with Gasteiger partial charge in [0.2, 0.25) is 5.76 Å². The molecule has 1 atom stereocenters. The van der Waals surface area contributed by atoms with E-state index in [9.17, 15) is 14.0 Å². The van der Waals surface area contributed by atoms with E-state index in [1.165, 1.54) is 12.1 Å². The lowest BCUT2D eigenvalue weighted by Crippen LogP contribution is -2.29. The van der Waals surface area contributed by atoms with Crippen LogP contribution in [0.25, 0.3) is 11.0 Å². The van der Waals surface area contributed by atoms with Crippen molar-refractivity contribution >= 4 is 22.6 Å². The Bertz CT molecular complexity index is 1420. The Morgan fingerprint density at radius 3 is 2.38 bits per heavy atom. The number of halogens is 1. The standard InChI is InChI=1S/C28H24FNO4/c1-3-15-33-21-12-7-18(8-13-21)25-24-26(31)22-16-19(29)9-14-23(22)34-27(24)28(32)30(25)20-10-5-17(4-2)6-11-20/h5-14,16,25H,3-4,15H2,1-2H3. The van der Waals surface area contributed by atoms with Gasteiger partial charge in [0.15, 0.2) is 5.43 Å². The van der Waals surface area contributed by atoms with Crippen molar-refractivity contribution in [3.8, 4) is 5.75 Å². The molecule has 0 radical (unpaired) electrons. The second kappa shape index (κ2) is 8.78. The average Bonchev–Trinajstić information content (AvgIpc) is 3.16. The Hall–Kier alpha value is -3.93. The maximum Gasteiger partial charge on any atom is 0.295 e. The first kappa shape index (κ1) is 21.9. The summed E-state index contributed by atoms with van der Waals surface area (Å²) in [5, 5.41) is 0.114. The monoisotopic (exact) mass is 457 g/mol. The first-order valence-corrected chi connectivity index (χ1v) is 11.4. The number of fused-ring (bicyclic) bond motifs is 2. The van der Waals surface area contributed by atoms with Gasteiger partial charge in [-0.05, 0) is 66.4 Å². The van der Waals surface area contributed by atoms with Crippen LogP contribution in [0.15, 0.2) is 75.9 Å². The molecular formula is C28H24FNO4. The van der Waals surface area contributed by atoms with Crippen molar-refractivity contribution in [2.24, 2.45) is 0 Å². The average molecular weight is 458 g/mol. The van der Waals surface area contributed by atoms with Crippen LogP contribution in [0.1, 0.15) is 53.6 Å². The highest BCUT2D eigenvalue weighted by molar-refractivity contribution is 6.10. The molecule has 6 heteroatoms. The zero-order chi connectivity index (χ0) is 23.8. The summed E-state index contributed by atoms with van der Waals surface area (Å²) in [7, 11) is 0. The molecular weight excluding hydrogens is 433 g/mol. The van der Waals surface area contributed by atoms with Gasteiger partial charge in [-0.15, -0.1) is 0 Å². The number of rotatable bonds is 6. The minimum Gasteiger partial charge on any atom is -0.494 e. The van der Waals surface area contributed by atoms with Crippen molar-refractivity contribution in [1.29, 1.82) is 0 Å². The van der Waals surface area contributed by atoms with Gasteiger partial charge in [0.1, 0.15) is 17.1 Å². The molecule has 5 rings (SSSR count). The van der Waals surface area contributed by atoms with Crippen molar-refractivity contribution in [3.05, 3.63) is 105 Å². The van der Waals surface area contributed by atoms with Crippen LogP contribution in [0.2, 0.25) is 0 Å². The molecule has 0 N–H and O–H groups in total. The normalized spacial score (nSPS) is 15.1. The summed E-state index contributed by atoms with van der Waals surface area (Å²) < 4.78 is 25.5. The Kier molecular flexibility index (Phi) is 5.65. The van der Waals surface area contributed by atoms with E-state index in [1.807, 2.05) is 55.5 Å². The van der Waals surface area contributed by atoms with Crippen LogP contribution in [-0.2, 0) is 6.42 Å². The maximum absolute atomic E-state index is 14.0. The Morgan fingerprint density at radius 1 is 0.971 bits per heavy atom. The molecule has 1 amide bonds. The van der Waals surface area contributed by atoms with Crippen LogP contribution < -0.4 is 15.1 Å². The summed E-state index contributed by atoms with van der Waals surface area (Å²) in [5.41, 5.74) is 2.51. The number of nitrogens with zero attached hydrogens (tertiary/aromatic N) is 1. The molecule has 0 saturated carbocycles. The van der Waals surface area contributed by atoms with Crippen molar-refractivity contribution in [2.45, 2.75) is 32.7 Å². The molecule has 1 aliphatic heterocycles. The molecule has 1 aliphatic rings. The topological polar surface area (TPSA) is 59.8 Å². The van der Waals surface area contributed by atoms with Crippen LogP contribution in [0.3, 0.4) is 0 Å². The Labute approximate surface area is 196 Å².